The van der Waals surface area contributed by atoms with E-state index in [2.05, 4.69) is 4.90 Å². The number of hydrogen-bond acceptors (Lipinski definition) is 3. The first kappa shape index (κ1) is 12.4. The highest BCUT2D eigenvalue weighted by molar-refractivity contribution is 5.84. The summed E-state index contributed by atoms with van der Waals surface area (Å²) >= 11 is 0. The molecular formula is C14H25N3O. The van der Waals surface area contributed by atoms with Crippen LogP contribution >= 0.6 is 0 Å². The average Bonchev–Trinajstić information content (AvgIpc) is 2.88. The summed E-state index contributed by atoms with van der Waals surface area (Å²) in [6.45, 7) is 2.45. The number of likely N-dealkylation sites (tertiary alicyclic amines) is 1. The molecule has 0 aromatic rings. The first-order valence-corrected chi connectivity index (χ1v) is 7.41. The fraction of sp³-hybridized carbons (Fsp3) is 0.929. The highest BCUT2D eigenvalue weighted by Crippen LogP contribution is 2.41. The van der Waals surface area contributed by atoms with Crippen LogP contribution in [-0.4, -0.2) is 35.5 Å². The predicted octanol–water partition coefficient (Wildman–Crippen LogP) is 0.844. The van der Waals surface area contributed by atoms with Gasteiger partial charge >= 0.3 is 0 Å². The van der Waals surface area contributed by atoms with Gasteiger partial charge in [-0.25, -0.2) is 0 Å². The molecule has 0 radical (unpaired) electrons. The van der Waals surface area contributed by atoms with E-state index in [1.165, 1.54) is 38.8 Å². The number of primary amides is 1. The minimum Gasteiger partial charge on any atom is -0.368 e. The molecule has 4 N–H and O–H groups in total. The Kier molecular flexibility index (Phi) is 3.10. The van der Waals surface area contributed by atoms with Crippen molar-refractivity contribution in [1.29, 1.82) is 0 Å². The van der Waals surface area contributed by atoms with Gasteiger partial charge in [0.2, 0.25) is 5.91 Å². The van der Waals surface area contributed by atoms with Crippen LogP contribution in [0.25, 0.3) is 0 Å². The maximum Gasteiger partial charge on any atom is 0.237 e. The van der Waals surface area contributed by atoms with Gasteiger partial charge in [-0.1, -0.05) is 6.42 Å². The molecule has 4 heteroatoms. The first-order chi connectivity index (χ1) is 8.58. The summed E-state index contributed by atoms with van der Waals surface area (Å²) in [7, 11) is 0. The molecule has 0 bridgehead atoms. The molecule has 0 aromatic heterocycles. The number of rotatable bonds is 2. The van der Waals surface area contributed by atoms with E-state index < -0.39 is 5.54 Å². The molecule has 3 aliphatic rings. The van der Waals surface area contributed by atoms with Crippen molar-refractivity contribution < 1.29 is 4.79 Å². The summed E-state index contributed by atoms with van der Waals surface area (Å²) in [4.78, 5) is 14.1. The highest BCUT2D eigenvalue weighted by Gasteiger charge is 2.44. The van der Waals surface area contributed by atoms with Crippen molar-refractivity contribution in [3.63, 3.8) is 0 Å². The first-order valence-electron chi connectivity index (χ1n) is 7.41. The number of nitrogens with zero attached hydrogens (tertiary/aromatic N) is 1. The van der Waals surface area contributed by atoms with E-state index in [0.29, 0.717) is 6.04 Å². The van der Waals surface area contributed by atoms with Gasteiger partial charge in [0.25, 0.3) is 0 Å². The second kappa shape index (κ2) is 4.49. The predicted molar refractivity (Wildman–Crippen MR) is 70.8 cm³/mol. The SMILES string of the molecule is NC(=O)C1(N)CCCC(N2CC3CCCC3C2)C1. The third-order valence-electron chi connectivity index (χ3n) is 5.52. The molecule has 1 amide bonds. The van der Waals surface area contributed by atoms with E-state index in [0.717, 1.165) is 31.1 Å². The van der Waals surface area contributed by atoms with Crippen LogP contribution in [0, 0.1) is 11.8 Å². The minimum absolute atomic E-state index is 0.313. The van der Waals surface area contributed by atoms with Crippen molar-refractivity contribution in [2.45, 2.75) is 56.5 Å². The fourth-order valence-corrected chi connectivity index (χ4v) is 4.38. The molecule has 4 nitrogen and oxygen atoms in total. The summed E-state index contributed by atoms with van der Waals surface area (Å²) in [5.41, 5.74) is 10.9. The van der Waals surface area contributed by atoms with E-state index >= 15 is 0 Å². The second-order valence-electron chi connectivity index (χ2n) is 6.68. The van der Waals surface area contributed by atoms with Crippen molar-refractivity contribution >= 4 is 5.91 Å². The lowest BCUT2D eigenvalue weighted by Gasteiger charge is -2.40. The maximum atomic E-state index is 11.5. The molecular weight excluding hydrogens is 226 g/mol. The quantitative estimate of drug-likeness (QED) is 0.764. The summed E-state index contributed by atoms with van der Waals surface area (Å²) in [5.74, 6) is 1.51. The number of carbonyl (C=O) groups is 1. The number of fused-ring (bicyclic) bond motifs is 1. The molecule has 4 unspecified atom stereocenters. The number of hydrogen-bond donors (Lipinski definition) is 2. The van der Waals surface area contributed by atoms with E-state index in [9.17, 15) is 4.79 Å². The van der Waals surface area contributed by atoms with Crippen LogP contribution in [0.1, 0.15) is 44.9 Å². The van der Waals surface area contributed by atoms with E-state index in [4.69, 9.17) is 11.5 Å². The van der Waals surface area contributed by atoms with Gasteiger partial charge in [0.05, 0.1) is 5.54 Å². The number of amides is 1. The van der Waals surface area contributed by atoms with Crippen LogP contribution in [0.2, 0.25) is 0 Å². The zero-order valence-electron chi connectivity index (χ0n) is 11.1. The van der Waals surface area contributed by atoms with Crippen LogP contribution < -0.4 is 11.5 Å². The van der Waals surface area contributed by atoms with Crippen LogP contribution in [0.4, 0.5) is 0 Å². The van der Waals surface area contributed by atoms with Crippen LogP contribution in [0.3, 0.4) is 0 Å². The largest absolute Gasteiger partial charge is 0.368 e. The Morgan fingerprint density at radius 1 is 1.11 bits per heavy atom. The summed E-state index contributed by atoms with van der Waals surface area (Å²) in [5, 5.41) is 0. The number of carbonyl (C=O) groups excluding carboxylic acids is 1. The lowest BCUT2D eigenvalue weighted by molar-refractivity contribution is -0.125. The fourth-order valence-electron chi connectivity index (χ4n) is 4.38. The zero-order valence-corrected chi connectivity index (χ0v) is 11.1. The molecule has 2 saturated carbocycles. The van der Waals surface area contributed by atoms with Gasteiger partial charge in [-0.15, -0.1) is 0 Å². The Labute approximate surface area is 109 Å². The Hall–Kier alpha value is -0.610. The Bertz CT molecular complexity index is 334. The van der Waals surface area contributed by atoms with Crippen LogP contribution in [0.5, 0.6) is 0 Å². The molecule has 2 aliphatic carbocycles. The normalized spacial score (nSPS) is 45.1. The van der Waals surface area contributed by atoms with Gasteiger partial charge in [0, 0.05) is 19.1 Å². The molecule has 1 saturated heterocycles. The van der Waals surface area contributed by atoms with Crippen LogP contribution in [-0.2, 0) is 4.79 Å². The molecule has 1 heterocycles. The van der Waals surface area contributed by atoms with E-state index in [1.807, 2.05) is 0 Å². The number of nitrogens with two attached hydrogens (primary N) is 2. The topological polar surface area (TPSA) is 72.3 Å². The van der Waals surface area contributed by atoms with Gasteiger partial charge in [0.15, 0.2) is 0 Å². The lowest BCUT2D eigenvalue weighted by Crippen LogP contribution is -2.58. The van der Waals surface area contributed by atoms with Gasteiger partial charge < -0.3 is 11.5 Å². The monoisotopic (exact) mass is 251 g/mol. The van der Waals surface area contributed by atoms with Gasteiger partial charge in [-0.2, -0.15) is 0 Å². The molecule has 3 fully saturated rings. The van der Waals surface area contributed by atoms with E-state index in [1.54, 1.807) is 0 Å². The van der Waals surface area contributed by atoms with E-state index in [-0.39, 0.29) is 5.91 Å². The highest BCUT2D eigenvalue weighted by atomic mass is 16.1. The Morgan fingerprint density at radius 2 is 1.78 bits per heavy atom. The second-order valence-corrected chi connectivity index (χ2v) is 6.68. The van der Waals surface area contributed by atoms with Crippen molar-refractivity contribution in [3.05, 3.63) is 0 Å². The summed E-state index contributed by atoms with van der Waals surface area (Å²) < 4.78 is 0. The van der Waals surface area contributed by atoms with Crippen molar-refractivity contribution in [1.82, 2.24) is 4.90 Å². The Balaban J connectivity index is 1.65. The van der Waals surface area contributed by atoms with Crippen molar-refractivity contribution in [2.75, 3.05) is 13.1 Å². The lowest BCUT2D eigenvalue weighted by atomic mass is 9.78. The van der Waals surface area contributed by atoms with Crippen molar-refractivity contribution in [3.8, 4) is 0 Å². The third kappa shape index (κ3) is 2.05. The maximum absolute atomic E-state index is 11.5. The molecule has 4 atom stereocenters. The average molecular weight is 251 g/mol. The van der Waals surface area contributed by atoms with Crippen molar-refractivity contribution in [2.24, 2.45) is 23.3 Å². The standard InChI is InChI=1S/C14H25N3O/c15-13(18)14(16)6-2-5-12(7-14)17-8-10-3-1-4-11(10)9-17/h10-12H,1-9,16H2,(H2,15,18). The smallest absolute Gasteiger partial charge is 0.237 e. The Morgan fingerprint density at radius 3 is 2.39 bits per heavy atom. The molecule has 3 rings (SSSR count). The van der Waals surface area contributed by atoms with Gasteiger partial charge in [-0.05, 0) is 50.4 Å². The van der Waals surface area contributed by atoms with Gasteiger partial charge in [0.1, 0.15) is 0 Å². The van der Waals surface area contributed by atoms with Crippen LogP contribution in [0.15, 0.2) is 0 Å². The molecule has 18 heavy (non-hydrogen) atoms. The molecule has 0 aromatic carbocycles. The summed E-state index contributed by atoms with van der Waals surface area (Å²) in [6, 6.07) is 0.488. The molecule has 0 spiro atoms. The summed E-state index contributed by atoms with van der Waals surface area (Å²) in [6.07, 6.45) is 7.97. The van der Waals surface area contributed by atoms with Gasteiger partial charge in [-0.3, -0.25) is 9.69 Å². The third-order valence-corrected chi connectivity index (χ3v) is 5.52. The molecule has 1 aliphatic heterocycles. The zero-order chi connectivity index (χ0) is 12.8. The molecule has 102 valence electrons. The minimum atomic E-state index is -0.749.